The maximum Gasteiger partial charge on any atom is 0.307 e. The van der Waals surface area contributed by atoms with Crippen molar-refractivity contribution in [3.8, 4) is 16.9 Å². The summed E-state index contributed by atoms with van der Waals surface area (Å²) < 4.78 is 0. The van der Waals surface area contributed by atoms with Gasteiger partial charge >= 0.3 is 5.97 Å². The molecule has 0 aromatic heterocycles. The zero-order chi connectivity index (χ0) is 12.3. The predicted molar refractivity (Wildman–Crippen MR) is 64.9 cm³/mol. The zero-order valence-corrected chi connectivity index (χ0v) is 9.13. The topological polar surface area (TPSA) is 57.5 Å². The van der Waals surface area contributed by atoms with Crippen molar-refractivity contribution in [3.05, 3.63) is 54.1 Å². The molecule has 2 rings (SSSR count). The van der Waals surface area contributed by atoms with Gasteiger partial charge in [0.1, 0.15) is 5.75 Å². The minimum Gasteiger partial charge on any atom is -0.508 e. The molecule has 3 nitrogen and oxygen atoms in total. The number of carboxylic acid groups (broad SMARTS) is 1. The molecule has 3 heteroatoms. The van der Waals surface area contributed by atoms with Crippen LogP contribution in [0.15, 0.2) is 48.5 Å². The lowest BCUT2D eigenvalue weighted by Crippen LogP contribution is -2.01. The van der Waals surface area contributed by atoms with Crippen LogP contribution in [0.4, 0.5) is 0 Å². The van der Waals surface area contributed by atoms with Crippen molar-refractivity contribution in [1.29, 1.82) is 0 Å². The van der Waals surface area contributed by atoms with Gasteiger partial charge in [-0.05, 0) is 28.8 Å². The largest absolute Gasteiger partial charge is 0.508 e. The summed E-state index contributed by atoms with van der Waals surface area (Å²) in [6.07, 6.45) is -0.00293. The highest BCUT2D eigenvalue weighted by Gasteiger charge is 2.07. The fourth-order valence-corrected chi connectivity index (χ4v) is 1.76. The van der Waals surface area contributed by atoms with Gasteiger partial charge in [-0.25, -0.2) is 0 Å². The summed E-state index contributed by atoms with van der Waals surface area (Å²) in [7, 11) is 0. The first-order valence-electron chi connectivity index (χ1n) is 5.26. The molecule has 0 atom stereocenters. The third-order valence-electron chi connectivity index (χ3n) is 2.54. The lowest BCUT2D eigenvalue weighted by molar-refractivity contribution is -0.136. The lowest BCUT2D eigenvalue weighted by atomic mass is 9.98. The Hall–Kier alpha value is -2.29. The standard InChI is InChI=1S/C14H12O3/c15-12-7-5-10(6-8-12)13-4-2-1-3-11(13)9-14(16)17/h1-8,15H,9H2,(H,16,17). The van der Waals surface area contributed by atoms with Crippen LogP contribution in [-0.2, 0) is 11.2 Å². The highest BCUT2D eigenvalue weighted by atomic mass is 16.4. The summed E-state index contributed by atoms with van der Waals surface area (Å²) >= 11 is 0. The molecule has 17 heavy (non-hydrogen) atoms. The van der Waals surface area contributed by atoms with Gasteiger partial charge in [0.25, 0.3) is 0 Å². The second-order valence-corrected chi connectivity index (χ2v) is 3.77. The Balaban J connectivity index is 2.44. The number of hydrogen-bond acceptors (Lipinski definition) is 2. The molecule has 0 aliphatic rings. The number of rotatable bonds is 3. The van der Waals surface area contributed by atoms with Gasteiger partial charge in [-0.3, -0.25) is 4.79 Å². The molecule has 0 saturated carbocycles. The molecular weight excluding hydrogens is 216 g/mol. The van der Waals surface area contributed by atoms with Crippen molar-refractivity contribution in [3.63, 3.8) is 0 Å². The van der Waals surface area contributed by atoms with Gasteiger partial charge in [0, 0.05) is 0 Å². The third kappa shape index (κ3) is 2.64. The van der Waals surface area contributed by atoms with Gasteiger partial charge in [0.15, 0.2) is 0 Å². The Kier molecular flexibility index (Phi) is 3.10. The van der Waals surface area contributed by atoms with E-state index in [1.165, 1.54) is 0 Å². The lowest BCUT2D eigenvalue weighted by Gasteiger charge is -2.07. The van der Waals surface area contributed by atoms with Crippen molar-refractivity contribution in [1.82, 2.24) is 0 Å². The summed E-state index contributed by atoms with van der Waals surface area (Å²) in [5.74, 6) is -0.652. The minimum atomic E-state index is -0.851. The van der Waals surface area contributed by atoms with Crippen LogP contribution in [0.2, 0.25) is 0 Å². The van der Waals surface area contributed by atoms with E-state index < -0.39 is 5.97 Å². The number of phenols is 1. The molecule has 2 aromatic carbocycles. The van der Waals surface area contributed by atoms with Gasteiger partial charge < -0.3 is 10.2 Å². The second-order valence-electron chi connectivity index (χ2n) is 3.77. The minimum absolute atomic E-state index is 0.00293. The Morgan fingerprint density at radius 3 is 2.29 bits per heavy atom. The van der Waals surface area contributed by atoms with Crippen molar-refractivity contribution < 1.29 is 15.0 Å². The van der Waals surface area contributed by atoms with Crippen molar-refractivity contribution in [2.45, 2.75) is 6.42 Å². The van der Waals surface area contributed by atoms with Gasteiger partial charge in [-0.1, -0.05) is 36.4 Å². The van der Waals surface area contributed by atoms with E-state index in [2.05, 4.69) is 0 Å². The van der Waals surface area contributed by atoms with Crippen LogP contribution in [0, 0.1) is 0 Å². The fourth-order valence-electron chi connectivity index (χ4n) is 1.76. The first kappa shape index (κ1) is 11.2. The molecule has 0 saturated heterocycles. The van der Waals surface area contributed by atoms with Crippen LogP contribution in [-0.4, -0.2) is 16.2 Å². The molecule has 2 aromatic rings. The number of aliphatic carboxylic acids is 1. The van der Waals surface area contributed by atoms with Crippen LogP contribution in [0.3, 0.4) is 0 Å². The summed E-state index contributed by atoms with van der Waals surface area (Å²) in [6, 6.07) is 14.1. The van der Waals surface area contributed by atoms with Crippen molar-refractivity contribution in [2.24, 2.45) is 0 Å². The van der Waals surface area contributed by atoms with Gasteiger partial charge in [0.2, 0.25) is 0 Å². The Labute approximate surface area is 99.0 Å². The number of carboxylic acids is 1. The monoisotopic (exact) mass is 228 g/mol. The van der Waals surface area contributed by atoms with Gasteiger partial charge in [0.05, 0.1) is 6.42 Å². The smallest absolute Gasteiger partial charge is 0.307 e. The molecule has 0 heterocycles. The third-order valence-corrected chi connectivity index (χ3v) is 2.54. The quantitative estimate of drug-likeness (QED) is 0.849. The molecule has 86 valence electrons. The summed E-state index contributed by atoms with van der Waals surface area (Å²) in [5.41, 5.74) is 2.56. The Morgan fingerprint density at radius 1 is 1.00 bits per heavy atom. The van der Waals surface area contributed by atoms with Crippen molar-refractivity contribution in [2.75, 3.05) is 0 Å². The van der Waals surface area contributed by atoms with E-state index in [-0.39, 0.29) is 12.2 Å². The molecule has 0 fully saturated rings. The average molecular weight is 228 g/mol. The Bertz CT molecular complexity index is 529. The second kappa shape index (κ2) is 4.70. The summed E-state index contributed by atoms with van der Waals surface area (Å²) in [6.45, 7) is 0. The summed E-state index contributed by atoms with van der Waals surface area (Å²) in [4.78, 5) is 10.8. The van der Waals surface area contributed by atoms with E-state index in [9.17, 15) is 9.90 Å². The normalized spacial score (nSPS) is 10.1. The van der Waals surface area contributed by atoms with Crippen LogP contribution in [0.1, 0.15) is 5.56 Å². The molecule has 0 amide bonds. The maximum atomic E-state index is 10.8. The molecule has 0 unspecified atom stereocenters. The van der Waals surface area contributed by atoms with Crippen LogP contribution < -0.4 is 0 Å². The molecule has 0 aliphatic carbocycles. The number of carbonyl (C=O) groups is 1. The number of benzene rings is 2. The Morgan fingerprint density at radius 2 is 1.65 bits per heavy atom. The number of phenolic OH excluding ortho intramolecular Hbond substituents is 1. The predicted octanol–water partition coefficient (Wildman–Crippen LogP) is 2.69. The van der Waals surface area contributed by atoms with Gasteiger partial charge in [-0.2, -0.15) is 0 Å². The SMILES string of the molecule is O=C(O)Cc1ccccc1-c1ccc(O)cc1. The average Bonchev–Trinajstić information content (AvgIpc) is 2.30. The van der Waals surface area contributed by atoms with E-state index in [0.717, 1.165) is 16.7 Å². The zero-order valence-electron chi connectivity index (χ0n) is 9.13. The molecule has 2 N–H and O–H groups in total. The maximum absolute atomic E-state index is 10.8. The highest BCUT2D eigenvalue weighted by molar-refractivity contribution is 5.76. The fraction of sp³-hybridized carbons (Fsp3) is 0.0714. The highest BCUT2D eigenvalue weighted by Crippen LogP contribution is 2.25. The first-order valence-corrected chi connectivity index (χ1v) is 5.26. The van der Waals surface area contributed by atoms with E-state index in [0.29, 0.717) is 0 Å². The molecular formula is C14H12O3. The number of hydrogen-bond donors (Lipinski definition) is 2. The number of aromatic hydroxyl groups is 1. The molecule has 0 bridgehead atoms. The molecule has 0 aliphatic heterocycles. The van der Waals surface area contributed by atoms with E-state index in [1.54, 1.807) is 30.3 Å². The first-order chi connectivity index (χ1) is 8.16. The van der Waals surface area contributed by atoms with Crippen LogP contribution in [0.25, 0.3) is 11.1 Å². The van der Waals surface area contributed by atoms with Crippen LogP contribution in [0.5, 0.6) is 5.75 Å². The van der Waals surface area contributed by atoms with Crippen molar-refractivity contribution >= 4 is 5.97 Å². The van der Waals surface area contributed by atoms with E-state index in [4.69, 9.17) is 5.11 Å². The molecule has 0 radical (unpaired) electrons. The summed E-state index contributed by atoms with van der Waals surface area (Å²) in [5, 5.41) is 18.1. The van der Waals surface area contributed by atoms with E-state index >= 15 is 0 Å². The van der Waals surface area contributed by atoms with E-state index in [1.807, 2.05) is 18.2 Å². The van der Waals surface area contributed by atoms with Crippen LogP contribution >= 0.6 is 0 Å². The van der Waals surface area contributed by atoms with Gasteiger partial charge in [-0.15, -0.1) is 0 Å². The molecule has 0 spiro atoms.